The summed E-state index contributed by atoms with van der Waals surface area (Å²) in [7, 11) is 1.40. The minimum absolute atomic E-state index is 0.291. The van der Waals surface area contributed by atoms with E-state index in [0.717, 1.165) is 23.4 Å². The zero-order chi connectivity index (χ0) is 17.8. The number of aromatic nitrogens is 2. The molecule has 1 amide bonds. The average molecular weight is 361 g/mol. The van der Waals surface area contributed by atoms with Gasteiger partial charge in [-0.3, -0.25) is 0 Å². The van der Waals surface area contributed by atoms with Gasteiger partial charge >= 0.3 is 6.09 Å². The largest absolute Gasteiger partial charge is 0.453 e. The summed E-state index contributed by atoms with van der Waals surface area (Å²) >= 11 is 6.44. The number of amides is 1. The number of halogens is 1. The number of nitrogens with zero attached hydrogens (tertiary/aromatic N) is 4. The molecular weight excluding hydrogens is 340 g/mol. The second kappa shape index (κ2) is 7.70. The number of anilines is 1. The minimum Gasteiger partial charge on any atom is -0.453 e. The molecule has 1 aliphatic heterocycles. The normalized spacial score (nSPS) is 14.5. The molecule has 6 nitrogen and oxygen atoms in total. The lowest BCUT2D eigenvalue weighted by Gasteiger charge is -2.35. The molecule has 25 heavy (non-hydrogen) atoms. The van der Waals surface area contributed by atoms with Crippen LogP contribution < -0.4 is 4.90 Å². The molecular formula is C18H21ClN4O2. The van der Waals surface area contributed by atoms with Crippen molar-refractivity contribution in [2.75, 3.05) is 38.2 Å². The molecule has 0 spiro atoms. The molecule has 1 aromatic carbocycles. The maximum Gasteiger partial charge on any atom is 0.409 e. The van der Waals surface area contributed by atoms with E-state index in [1.165, 1.54) is 7.11 Å². The fraction of sp³-hybridized carbons (Fsp3) is 0.389. The molecule has 0 atom stereocenters. The first-order valence-electron chi connectivity index (χ1n) is 8.33. The first-order chi connectivity index (χ1) is 12.1. The van der Waals surface area contributed by atoms with Crippen LogP contribution in [0.5, 0.6) is 0 Å². The smallest absolute Gasteiger partial charge is 0.409 e. The zero-order valence-corrected chi connectivity index (χ0v) is 15.2. The van der Waals surface area contributed by atoms with Crippen molar-refractivity contribution in [3.8, 4) is 11.4 Å². The average Bonchev–Trinajstić information content (AvgIpc) is 2.67. The Balaban J connectivity index is 1.90. The Morgan fingerprint density at radius 1 is 1.16 bits per heavy atom. The van der Waals surface area contributed by atoms with Gasteiger partial charge in [0.1, 0.15) is 11.0 Å². The zero-order valence-electron chi connectivity index (χ0n) is 14.4. The third-order valence-electron chi connectivity index (χ3n) is 4.33. The van der Waals surface area contributed by atoms with Crippen LogP contribution in [0.2, 0.25) is 5.15 Å². The fourth-order valence-corrected chi connectivity index (χ4v) is 3.26. The number of methoxy groups -OCH3 is 1. The van der Waals surface area contributed by atoms with Crippen LogP contribution >= 0.6 is 11.6 Å². The molecule has 0 radical (unpaired) electrons. The van der Waals surface area contributed by atoms with E-state index in [-0.39, 0.29) is 6.09 Å². The third kappa shape index (κ3) is 3.69. The second-order valence-electron chi connectivity index (χ2n) is 5.80. The fourth-order valence-electron chi connectivity index (χ4n) is 2.96. The van der Waals surface area contributed by atoms with Crippen molar-refractivity contribution in [3.63, 3.8) is 0 Å². The predicted molar refractivity (Wildman–Crippen MR) is 98.0 cm³/mol. The van der Waals surface area contributed by atoms with Gasteiger partial charge < -0.3 is 14.5 Å². The number of carbonyl (C=O) groups excluding carboxylic acids is 1. The quantitative estimate of drug-likeness (QED) is 0.786. The summed E-state index contributed by atoms with van der Waals surface area (Å²) in [6.07, 6.45) is 0.460. The maximum absolute atomic E-state index is 11.7. The Kier molecular flexibility index (Phi) is 5.38. The molecule has 2 aromatic rings. The van der Waals surface area contributed by atoms with E-state index in [0.29, 0.717) is 37.2 Å². The summed E-state index contributed by atoms with van der Waals surface area (Å²) in [4.78, 5) is 24.8. The summed E-state index contributed by atoms with van der Waals surface area (Å²) in [5.74, 6) is 1.47. The maximum atomic E-state index is 11.7. The Morgan fingerprint density at radius 2 is 1.84 bits per heavy atom. The molecule has 0 aliphatic carbocycles. The van der Waals surface area contributed by atoms with Crippen LogP contribution in [-0.4, -0.2) is 54.2 Å². The molecule has 0 bridgehead atoms. The van der Waals surface area contributed by atoms with Crippen molar-refractivity contribution in [2.45, 2.75) is 13.3 Å². The van der Waals surface area contributed by atoms with Gasteiger partial charge in [0.2, 0.25) is 0 Å². The van der Waals surface area contributed by atoms with Crippen LogP contribution in [0, 0.1) is 0 Å². The number of hydrogen-bond donors (Lipinski definition) is 0. The van der Waals surface area contributed by atoms with Gasteiger partial charge in [-0.2, -0.15) is 0 Å². The molecule has 1 aliphatic rings. The lowest BCUT2D eigenvalue weighted by molar-refractivity contribution is 0.121. The number of hydrogen-bond acceptors (Lipinski definition) is 5. The molecule has 3 rings (SSSR count). The van der Waals surface area contributed by atoms with Crippen LogP contribution in [-0.2, 0) is 11.2 Å². The summed E-state index contributed by atoms with van der Waals surface area (Å²) in [6.45, 7) is 4.60. The van der Waals surface area contributed by atoms with Gasteiger partial charge in [0, 0.05) is 37.3 Å². The number of carbonyl (C=O) groups is 1. The van der Waals surface area contributed by atoms with Gasteiger partial charge in [-0.25, -0.2) is 14.8 Å². The van der Waals surface area contributed by atoms with E-state index in [1.54, 1.807) is 4.90 Å². The molecule has 1 saturated heterocycles. The molecule has 1 aromatic heterocycles. The molecule has 1 fully saturated rings. The summed E-state index contributed by atoms with van der Waals surface area (Å²) in [5, 5.41) is 0.488. The molecule has 132 valence electrons. The molecule has 0 saturated carbocycles. The highest BCUT2D eigenvalue weighted by Gasteiger charge is 2.25. The van der Waals surface area contributed by atoms with Gasteiger partial charge in [-0.15, -0.1) is 0 Å². The topological polar surface area (TPSA) is 58.6 Å². The Hall–Kier alpha value is -2.34. The monoisotopic (exact) mass is 360 g/mol. The van der Waals surface area contributed by atoms with Crippen LogP contribution in [0.15, 0.2) is 30.3 Å². The summed E-state index contributed by atoms with van der Waals surface area (Å²) in [5.41, 5.74) is 1.87. The standard InChI is InChI=1S/C18H21ClN4O2/c1-3-14-15(19)20-16(13-7-5-4-6-8-13)21-17(14)22-9-11-23(12-10-22)18(24)25-2/h4-8H,3,9-12H2,1-2H3. The van der Waals surface area contributed by atoms with Gasteiger partial charge in [0.05, 0.1) is 7.11 Å². The van der Waals surface area contributed by atoms with Crippen LogP contribution in [0.4, 0.5) is 10.6 Å². The van der Waals surface area contributed by atoms with Crippen molar-refractivity contribution >= 4 is 23.5 Å². The van der Waals surface area contributed by atoms with E-state index >= 15 is 0 Å². The molecule has 2 heterocycles. The Morgan fingerprint density at radius 3 is 2.44 bits per heavy atom. The molecule has 0 unspecified atom stereocenters. The van der Waals surface area contributed by atoms with Crippen molar-refractivity contribution in [1.82, 2.24) is 14.9 Å². The number of ether oxygens (including phenoxy) is 1. The highest BCUT2D eigenvalue weighted by atomic mass is 35.5. The third-order valence-corrected chi connectivity index (χ3v) is 4.65. The Bertz CT molecular complexity index is 746. The van der Waals surface area contributed by atoms with Crippen LogP contribution in [0.25, 0.3) is 11.4 Å². The van der Waals surface area contributed by atoms with E-state index in [2.05, 4.69) is 9.88 Å². The Labute approximate surface area is 152 Å². The van der Waals surface area contributed by atoms with Crippen molar-refractivity contribution in [3.05, 3.63) is 41.0 Å². The van der Waals surface area contributed by atoms with E-state index in [1.807, 2.05) is 37.3 Å². The van der Waals surface area contributed by atoms with Gasteiger partial charge in [0.15, 0.2) is 5.82 Å². The SMILES string of the molecule is CCc1c(Cl)nc(-c2ccccc2)nc1N1CCN(C(=O)OC)CC1. The van der Waals surface area contributed by atoms with E-state index in [4.69, 9.17) is 21.3 Å². The second-order valence-corrected chi connectivity index (χ2v) is 6.16. The first kappa shape index (κ1) is 17.5. The highest BCUT2D eigenvalue weighted by molar-refractivity contribution is 6.30. The van der Waals surface area contributed by atoms with E-state index < -0.39 is 0 Å². The van der Waals surface area contributed by atoms with Crippen molar-refractivity contribution in [2.24, 2.45) is 0 Å². The van der Waals surface area contributed by atoms with E-state index in [9.17, 15) is 4.79 Å². The number of benzene rings is 1. The number of piperazine rings is 1. The predicted octanol–water partition coefficient (Wildman–Crippen LogP) is 3.25. The highest BCUT2D eigenvalue weighted by Crippen LogP contribution is 2.29. The lowest BCUT2D eigenvalue weighted by Crippen LogP contribution is -2.49. The number of rotatable bonds is 3. The van der Waals surface area contributed by atoms with Crippen LogP contribution in [0.3, 0.4) is 0 Å². The van der Waals surface area contributed by atoms with Crippen LogP contribution in [0.1, 0.15) is 12.5 Å². The van der Waals surface area contributed by atoms with Gasteiger partial charge in [0.25, 0.3) is 0 Å². The lowest BCUT2D eigenvalue weighted by atomic mass is 10.1. The summed E-state index contributed by atoms with van der Waals surface area (Å²) in [6, 6.07) is 9.80. The van der Waals surface area contributed by atoms with Crippen molar-refractivity contribution in [1.29, 1.82) is 0 Å². The van der Waals surface area contributed by atoms with Crippen molar-refractivity contribution < 1.29 is 9.53 Å². The van der Waals surface area contributed by atoms with Gasteiger partial charge in [-0.1, -0.05) is 48.9 Å². The summed E-state index contributed by atoms with van der Waals surface area (Å²) < 4.78 is 4.79. The molecule has 7 heteroatoms. The molecule has 0 N–H and O–H groups in total. The minimum atomic E-state index is -0.291. The van der Waals surface area contributed by atoms with Gasteiger partial charge in [-0.05, 0) is 6.42 Å². The first-order valence-corrected chi connectivity index (χ1v) is 8.71.